The molecular formula is C17H15N3O3S. The van der Waals surface area contributed by atoms with Crippen LogP contribution in [0.3, 0.4) is 0 Å². The van der Waals surface area contributed by atoms with Gasteiger partial charge in [0, 0.05) is 17.7 Å². The molecule has 0 aliphatic carbocycles. The lowest BCUT2D eigenvalue weighted by Gasteiger charge is -2.18. The summed E-state index contributed by atoms with van der Waals surface area (Å²) in [6, 6.07) is 6.89. The van der Waals surface area contributed by atoms with Crippen LogP contribution < -0.4 is 4.74 Å². The van der Waals surface area contributed by atoms with E-state index in [9.17, 15) is 9.59 Å². The summed E-state index contributed by atoms with van der Waals surface area (Å²) in [5.74, 6) is 0.0407. The number of amides is 2. The van der Waals surface area contributed by atoms with Gasteiger partial charge in [-0.05, 0) is 25.3 Å². The van der Waals surface area contributed by atoms with Gasteiger partial charge < -0.3 is 4.74 Å². The van der Waals surface area contributed by atoms with Crippen LogP contribution in [-0.2, 0) is 6.42 Å². The lowest BCUT2D eigenvalue weighted by Crippen LogP contribution is -2.38. The number of nitrogens with zero attached hydrogens (tertiary/aromatic N) is 3. The first-order valence-electron chi connectivity index (χ1n) is 7.62. The van der Waals surface area contributed by atoms with Crippen molar-refractivity contribution in [2.45, 2.75) is 24.6 Å². The van der Waals surface area contributed by atoms with Gasteiger partial charge >= 0.3 is 0 Å². The Kier molecular flexibility index (Phi) is 3.53. The fraction of sp³-hybridized carbons (Fsp3) is 0.294. The van der Waals surface area contributed by atoms with E-state index in [1.165, 1.54) is 16.7 Å². The van der Waals surface area contributed by atoms with Crippen LogP contribution >= 0.6 is 11.8 Å². The third kappa shape index (κ3) is 2.27. The summed E-state index contributed by atoms with van der Waals surface area (Å²) in [7, 11) is 0. The largest absolute Gasteiger partial charge is 0.472 e. The molecule has 2 aliphatic heterocycles. The summed E-state index contributed by atoms with van der Waals surface area (Å²) < 4.78 is 5.88. The fourth-order valence-electron chi connectivity index (χ4n) is 3.11. The molecule has 1 aromatic carbocycles. The molecule has 0 N–H and O–H groups in total. The van der Waals surface area contributed by atoms with Gasteiger partial charge in [-0.25, -0.2) is 4.98 Å². The SMILES string of the molecule is CSc1nc(C)c2c(n1)O[C@H](CN1C(=O)c3ccccc3C1=O)C2. The number of benzene rings is 1. The quantitative estimate of drug-likeness (QED) is 0.484. The first-order chi connectivity index (χ1) is 11.6. The average Bonchev–Trinajstić information content (AvgIpc) is 3.10. The van der Waals surface area contributed by atoms with E-state index in [0.717, 1.165) is 11.3 Å². The Morgan fingerprint density at radius 2 is 1.88 bits per heavy atom. The second-order valence-corrected chi connectivity index (χ2v) is 6.56. The van der Waals surface area contributed by atoms with Crippen molar-refractivity contribution in [2.75, 3.05) is 12.8 Å². The van der Waals surface area contributed by atoms with E-state index < -0.39 is 0 Å². The van der Waals surface area contributed by atoms with E-state index in [0.29, 0.717) is 28.6 Å². The fourth-order valence-corrected chi connectivity index (χ4v) is 3.51. The van der Waals surface area contributed by atoms with Gasteiger partial charge in [0.15, 0.2) is 5.16 Å². The van der Waals surface area contributed by atoms with Gasteiger partial charge in [-0.15, -0.1) is 0 Å². The molecule has 3 heterocycles. The normalized spacial score (nSPS) is 18.6. The van der Waals surface area contributed by atoms with Crippen LogP contribution in [0.2, 0.25) is 0 Å². The van der Waals surface area contributed by atoms with E-state index in [4.69, 9.17) is 4.74 Å². The summed E-state index contributed by atoms with van der Waals surface area (Å²) >= 11 is 1.45. The van der Waals surface area contributed by atoms with Crippen molar-refractivity contribution in [1.29, 1.82) is 0 Å². The van der Waals surface area contributed by atoms with Gasteiger partial charge in [-0.2, -0.15) is 4.98 Å². The van der Waals surface area contributed by atoms with Crippen LogP contribution in [0.4, 0.5) is 0 Å². The number of ether oxygens (including phenoxy) is 1. The summed E-state index contributed by atoms with van der Waals surface area (Å²) in [6.07, 6.45) is 2.22. The zero-order valence-corrected chi connectivity index (χ0v) is 14.1. The van der Waals surface area contributed by atoms with Gasteiger partial charge in [-0.1, -0.05) is 23.9 Å². The first-order valence-corrected chi connectivity index (χ1v) is 8.84. The molecule has 24 heavy (non-hydrogen) atoms. The highest BCUT2D eigenvalue weighted by atomic mass is 32.2. The van der Waals surface area contributed by atoms with Crippen molar-refractivity contribution < 1.29 is 14.3 Å². The molecule has 0 radical (unpaired) electrons. The maximum atomic E-state index is 12.5. The predicted octanol–water partition coefficient (Wildman–Crippen LogP) is 2.11. The van der Waals surface area contributed by atoms with Crippen molar-refractivity contribution in [3.05, 3.63) is 46.6 Å². The monoisotopic (exact) mass is 341 g/mol. The highest BCUT2D eigenvalue weighted by Crippen LogP contribution is 2.32. The van der Waals surface area contributed by atoms with Crippen molar-refractivity contribution >= 4 is 23.6 Å². The molecule has 0 fully saturated rings. The Morgan fingerprint density at radius 1 is 1.21 bits per heavy atom. The second-order valence-electron chi connectivity index (χ2n) is 5.79. The molecule has 0 bridgehead atoms. The third-order valence-electron chi connectivity index (χ3n) is 4.31. The Morgan fingerprint density at radius 3 is 2.50 bits per heavy atom. The van der Waals surface area contributed by atoms with E-state index >= 15 is 0 Å². The summed E-state index contributed by atoms with van der Waals surface area (Å²) in [5.41, 5.74) is 2.75. The zero-order chi connectivity index (χ0) is 16.8. The van der Waals surface area contributed by atoms with Crippen molar-refractivity contribution in [1.82, 2.24) is 14.9 Å². The zero-order valence-electron chi connectivity index (χ0n) is 13.3. The summed E-state index contributed by atoms with van der Waals surface area (Å²) in [6.45, 7) is 2.14. The number of thioether (sulfide) groups is 1. The smallest absolute Gasteiger partial charge is 0.261 e. The molecule has 2 amide bonds. The number of hydrogen-bond acceptors (Lipinski definition) is 6. The van der Waals surface area contributed by atoms with E-state index in [1.54, 1.807) is 24.3 Å². The van der Waals surface area contributed by atoms with Crippen molar-refractivity contribution in [2.24, 2.45) is 0 Å². The minimum Gasteiger partial charge on any atom is -0.472 e. The number of imide groups is 1. The number of aryl methyl sites for hydroxylation is 1. The van der Waals surface area contributed by atoms with Crippen LogP contribution in [0.1, 0.15) is 32.0 Å². The number of fused-ring (bicyclic) bond motifs is 2. The number of carbonyl (C=O) groups excluding carboxylic acids is 2. The maximum absolute atomic E-state index is 12.5. The summed E-state index contributed by atoms with van der Waals surface area (Å²) in [5, 5.41) is 0.660. The Bertz CT molecular complexity index is 833. The van der Waals surface area contributed by atoms with Gasteiger partial charge in [0.2, 0.25) is 5.88 Å². The predicted molar refractivity (Wildman–Crippen MR) is 88.5 cm³/mol. The van der Waals surface area contributed by atoms with E-state index in [-0.39, 0.29) is 24.5 Å². The number of rotatable bonds is 3. The van der Waals surface area contributed by atoms with Crippen molar-refractivity contribution in [3.63, 3.8) is 0 Å². The van der Waals surface area contributed by atoms with Crippen LogP contribution in [0.5, 0.6) is 5.88 Å². The Hall–Kier alpha value is -2.41. The molecule has 0 unspecified atom stereocenters. The van der Waals surface area contributed by atoms with Crippen LogP contribution in [-0.4, -0.2) is 45.6 Å². The standard InChI is InChI=1S/C17H15N3O3S/c1-9-13-7-10(23-14(13)19-17(18-9)24-2)8-20-15(21)11-5-3-4-6-12(11)16(20)22/h3-6,10H,7-8H2,1-2H3/t10-/m0/s1. The molecule has 122 valence electrons. The van der Waals surface area contributed by atoms with Gasteiger partial charge in [0.25, 0.3) is 11.8 Å². The van der Waals surface area contributed by atoms with Gasteiger partial charge in [0.1, 0.15) is 6.10 Å². The average molecular weight is 341 g/mol. The van der Waals surface area contributed by atoms with E-state index in [1.807, 2.05) is 13.2 Å². The molecule has 4 rings (SSSR count). The highest BCUT2D eigenvalue weighted by molar-refractivity contribution is 7.98. The molecular weight excluding hydrogens is 326 g/mol. The summed E-state index contributed by atoms with van der Waals surface area (Å²) in [4.78, 5) is 35.0. The molecule has 6 nitrogen and oxygen atoms in total. The molecule has 2 aromatic rings. The molecule has 0 saturated heterocycles. The van der Waals surface area contributed by atoms with Crippen LogP contribution in [0.15, 0.2) is 29.4 Å². The lowest BCUT2D eigenvalue weighted by atomic mass is 10.1. The maximum Gasteiger partial charge on any atom is 0.261 e. The van der Waals surface area contributed by atoms with Crippen LogP contribution in [0.25, 0.3) is 0 Å². The molecule has 2 aliphatic rings. The number of carbonyl (C=O) groups is 2. The number of hydrogen-bond donors (Lipinski definition) is 0. The topological polar surface area (TPSA) is 72.4 Å². The Labute approximate surface area is 143 Å². The molecule has 0 spiro atoms. The van der Waals surface area contributed by atoms with Gasteiger partial charge in [-0.3, -0.25) is 14.5 Å². The van der Waals surface area contributed by atoms with Crippen LogP contribution in [0, 0.1) is 6.92 Å². The third-order valence-corrected chi connectivity index (χ3v) is 4.86. The number of aromatic nitrogens is 2. The van der Waals surface area contributed by atoms with E-state index in [2.05, 4.69) is 9.97 Å². The van der Waals surface area contributed by atoms with Gasteiger partial charge in [0.05, 0.1) is 17.7 Å². The first kappa shape index (κ1) is 15.1. The highest BCUT2D eigenvalue weighted by Gasteiger charge is 2.38. The van der Waals surface area contributed by atoms with Crippen molar-refractivity contribution in [3.8, 4) is 5.88 Å². The molecule has 7 heteroatoms. The molecule has 1 atom stereocenters. The molecule has 1 aromatic heterocycles. The second kappa shape index (κ2) is 5.59. The Balaban J connectivity index is 1.55. The minimum atomic E-state index is -0.285. The molecule has 0 saturated carbocycles. The lowest BCUT2D eigenvalue weighted by molar-refractivity contribution is 0.0585. The minimum absolute atomic E-state index is 0.219.